The van der Waals surface area contributed by atoms with E-state index in [-0.39, 0.29) is 5.75 Å². The highest BCUT2D eigenvalue weighted by atomic mass is 32.2. The summed E-state index contributed by atoms with van der Waals surface area (Å²) in [4.78, 5) is 26.0. The number of rotatable bonds is 5. The minimum absolute atomic E-state index is 0.0597. The molecule has 20 heavy (non-hydrogen) atoms. The fourth-order valence-electron chi connectivity index (χ4n) is 1.68. The first-order valence-electron chi connectivity index (χ1n) is 5.78. The number of carbonyl (C=O) groups is 2. The predicted molar refractivity (Wildman–Crippen MR) is 75.2 cm³/mol. The Morgan fingerprint density at radius 2 is 2.00 bits per heavy atom. The van der Waals surface area contributed by atoms with Crippen LogP contribution in [0.2, 0.25) is 0 Å². The number of hydrogen-bond acceptors (Lipinski definition) is 4. The number of thioether (sulfide) groups is 1. The summed E-state index contributed by atoms with van der Waals surface area (Å²) in [6, 6.07) is 6.73. The normalized spacial score (nSPS) is 10.4. The third kappa shape index (κ3) is 3.18. The van der Waals surface area contributed by atoms with Crippen molar-refractivity contribution in [1.29, 1.82) is 0 Å². The second kappa shape index (κ2) is 5.79. The van der Waals surface area contributed by atoms with Crippen LogP contribution in [0.5, 0.6) is 0 Å². The lowest BCUT2D eigenvalue weighted by molar-refractivity contribution is -0.133. The number of aliphatic carboxylic acids is 1. The topological polar surface area (TPSA) is 98.2 Å². The van der Waals surface area contributed by atoms with Gasteiger partial charge in [-0.25, -0.2) is 4.98 Å². The van der Waals surface area contributed by atoms with Crippen molar-refractivity contribution in [2.75, 3.05) is 5.75 Å². The predicted octanol–water partition coefficient (Wildman–Crippen LogP) is 1.46. The van der Waals surface area contributed by atoms with Gasteiger partial charge in [0.15, 0.2) is 5.16 Å². The number of nitrogens with zero attached hydrogens (tertiary/aromatic N) is 2. The Hall–Kier alpha value is -2.28. The number of benzene rings is 1. The fraction of sp³-hybridized carbons (Fsp3) is 0.154. The molecule has 104 valence electrons. The molecule has 2 rings (SSSR count). The summed E-state index contributed by atoms with van der Waals surface area (Å²) in [6.45, 7) is 1.83. The second-order valence-electron chi connectivity index (χ2n) is 4.13. The monoisotopic (exact) mass is 291 g/mol. The number of carboxylic acids is 1. The third-order valence-corrected chi connectivity index (χ3v) is 3.49. The zero-order valence-corrected chi connectivity index (χ0v) is 11.6. The summed E-state index contributed by atoms with van der Waals surface area (Å²) in [7, 11) is 0. The fourth-order valence-corrected chi connectivity index (χ4v) is 2.43. The second-order valence-corrected chi connectivity index (χ2v) is 5.07. The van der Waals surface area contributed by atoms with E-state index in [2.05, 4.69) is 4.98 Å². The van der Waals surface area contributed by atoms with Crippen molar-refractivity contribution in [2.24, 2.45) is 5.73 Å². The van der Waals surface area contributed by atoms with Gasteiger partial charge in [0, 0.05) is 17.4 Å². The minimum Gasteiger partial charge on any atom is -0.481 e. The molecule has 1 amide bonds. The molecule has 0 radical (unpaired) electrons. The highest BCUT2D eigenvalue weighted by molar-refractivity contribution is 7.99. The summed E-state index contributed by atoms with van der Waals surface area (Å²) in [5.74, 6) is -1.44. The van der Waals surface area contributed by atoms with Crippen LogP contribution in [0.4, 0.5) is 0 Å². The zero-order valence-electron chi connectivity index (χ0n) is 10.7. The number of carbonyl (C=O) groups excluding carboxylic acids is 1. The Morgan fingerprint density at radius 3 is 2.55 bits per heavy atom. The van der Waals surface area contributed by atoms with Gasteiger partial charge >= 0.3 is 5.97 Å². The Kier molecular flexibility index (Phi) is 4.09. The molecule has 0 saturated carbocycles. The van der Waals surface area contributed by atoms with Crippen molar-refractivity contribution in [3.63, 3.8) is 0 Å². The maximum atomic E-state index is 11.0. The highest BCUT2D eigenvalue weighted by Crippen LogP contribution is 2.22. The van der Waals surface area contributed by atoms with Gasteiger partial charge in [-0.3, -0.25) is 14.2 Å². The van der Waals surface area contributed by atoms with Crippen molar-refractivity contribution < 1.29 is 14.7 Å². The van der Waals surface area contributed by atoms with Crippen LogP contribution in [0.3, 0.4) is 0 Å². The molecular weight excluding hydrogens is 278 g/mol. The summed E-state index contributed by atoms with van der Waals surface area (Å²) in [6.07, 6.45) is 1.81. The van der Waals surface area contributed by atoms with Crippen molar-refractivity contribution in [3.05, 3.63) is 41.7 Å². The minimum atomic E-state index is -0.897. The molecular formula is C13H13N3O3S. The van der Waals surface area contributed by atoms with E-state index in [4.69, 9.17) is 10.8 Å². The smallest absolute Gasteiger partial charge is 0.313 e. The molecule has 3 N–H and O–H groups in total. The number of amides is 1. The summed E-state index contributed by atoms with van der Waals surface area (Å²) in [5.41, 5.74) is 7.20. The van der Waals surface area contributed by atoms with Crippen LogP contribution in [0.1, 0.15) is 16.1 Å². The number of nitrogens with two attached hydrogens (primary N) is 1. The number of aryl methyl sites for hydroxylation is 1. The van der Waals surface area contributed by atoms with Crippen LogP contribution < -0.4 is 5.73 Å². The molecule has 0 atom stereocenters. The Morgan fingerprint density at radius 1 is 1.35 bits per heavy atom. The van der Waals surface area contributed by atoms with E-state index in [1.165, 1.54) is 0 Å². The van der Waals surface area contributed by atoms with Crippen molar-refractivity contribution in [3.8, 4) is 5.69 Å². The molecule has 2 aromatic rings. The largest absolute Gasteiger partial charge is 0.481 e. The van der Waals surface area contributed by atoms with Crippen LogP contribution in [0, 0.1) is 6.92 Å². The van der Waals surface area contributed by atoms with Crippen LogP contribution in [-0.4, -0.2) is 32.3 Å². The Labute approximate surface area is 119 Å². The molecule has 1 aromatic heterocycles. The van der Waals surface area contributed by atoms with Crippen LogP contribution >= 0.6 is 11.8 Å². The molecule has 1 heterocycles. The van der Waals surface area contributed by atoms with Gasteiger partial charge < -0.3 is 10.8 Å². The molecule has 0 unspecified atom stereocenters. The number of carboxylic acid groups (broad SMARTS) is 1. The van der Waals surface area contributed by atoms with Crippen molar-refractivity contribution >= 4 is 23.6 Å². The molecule has 0 bridgehead atoms. The van der Waals surface area contributed by atoms with Crippen molar-refractivity contribution in [2.45, 2.75) is 12.1 Å². The van der Waals surface area contributed by atoms with Crippen molar-refractivity contribution in [1.82, 2.24) is 9.55 Å². The Bertz CT molecular complexity index is 649. The highest BCUT2D eigenvalue weighted by Gasteiger charge is 2.10. The summed E-state index contributed by atoms with van der Waals surface area (Å²) >= 11 is 1.14. The lowest BCUT2D eigenvalue weighted by atomic mass is 10.2. The van der Waals surface area contributed by atoms with E-state index >= 15 is 0 Å². The third-order valence-electron chi connectivity index (χ3n) is 2.55. The molecule has 0 aliphatic carbocycles. The number of hydrogen-bond donors (Lipinski definition) is 2. The van der Waals surface area contributed by atoms with Gasteiger partial charge in [-0.2, -0.15) is 0 Å². The number of aromatic nitrogens is 2. The first-order chi connectivity index (χ1) is 9.47. The zero-order chi connectivity index (χ0) is 14.7. The van der Waals surface area contributed by atoms with Gasteiger partial charge in [0.05, 0.1) is 11.4 Å². The first kappa shape index (κ1) is 14.1. The molecule has 0 saturated heterocycles. The molecule has 1 aromatic carbocycles. The van der Waals surface area contributed by atoms with Gasteiger partial charge in [-0.15, -0.1) is 0 Å². The van der Waals surface area contributed by atoms with Gasteiger partial charge in [0.1, 0.15) is 0 Å². The number of imidazole rings is 1. The molecule has 0 aliphatic heterocycles. The maximum absolute atomic E-state index is 11.0. The molecule has 0 aliphatic rings. The van der Waals surface area contributed by atoms with Crippen LogP contribution in [0.25, 0.3) is 5.69 Å². The molecule has 0 spiro atoms. The average molecular weight is 291 g/mol. The lowest BCUT2D eigenvalue weighted by Crippen LogP contribution is -2.10. The van der Waals surface area contributed by atoms with E-state index < -0.39 is 11.9 Å². The number of primary amides is 1. The van der Waals surface area contributed by atoms with E-state index in [0.717, 1.165) is 23.1 Å². The molecule has 6 nitrogen and oxygen atoms in total. The van der Waals surface area contributed by atoms with Gasteiger partial charge in [-0.05, 0) is 31.2 Å². The van der Waals surface area contributed by atoms with Gasteiger partial charge in [0.2, 0.25) is 5.91 Å². The summed E-state index contributed by atoms with van der Waals surface area (Å²) in [5, 5.41) is 9.33. The average Bonchev–Trinajstić information content (AvgIpc) is 2.77. The molecule has 7 heteroatoms. The van der Waals surface area contributed by atoms with E-state index in [9.17, 15) is 9.59 Å². The standard InChI is InChI=1S/C13H13N3O3S/c1-8-6-16(13(15-8)20-7-11(17)18)10-4-2-9(3-5-10)12(14)19/h2-6H,7H2,1H3,(H2,14,19)(H,17,18). The van der Waals surface area contributed by atoms with E-state index in [1.54, 1.807) is 28.8 Å². The SMILES string of the molecule is Cc1cn(-c2ccc(C(N)=O)cc2)c(SCC(=O)O)n1. The summed E-state index contributed by atoms with van der Waals surface area (Å²) < 4.78 is 1.79. The maximum Gasteiger partial charge on any atom is 0.313 e. The Balaban J connectivity index is 2.31. The lowest BCUT2D eigenvalue weighted by Gasteiger charge is -2.07. The van der Waals surface area contributed by atoms with Crippen LogP contribution in [-0.2, 0) is 4.79 Å². The van der Waals surface area contributed by atoms with E-state index in [1.807, 2.05) is 13.1 Å². The van der Waals surface area contributed by atoms with E-state index in [0.29, 0.717) is 10.7 Å². The van der Waals surface area contributed by atoms with Gasteiger partial charge in [-0.1, -0.05) is 11.8 Å². The molecule has 0 fully saturated rings. The first-order valence-corrected chi connectivity index (χ1v) is 6.77. The van der Waals surface area contributed by atoms with Gasteiger partial charge in [0.25, 0.3) is 0 Å². The van der Waals surface area contributed by atoms with Crippen LogP contribution in [0.15, 0.2) is 35.6 Å². The quantitative estimate of drug-likeness (QED) is 0.813.